The van der Waals surface area contributed by atoms with Crippen LogP contribution in [0.25, 0.3) is 132 Å². The van der Waals surface area contributed by atoms with Crippen LogP contribution in [0.4, 0.5) is 0 Å². The van der Waals surface area contributed by atoms with Crippen molar-refractivity contribution in [3.63, 3.8) is 0 Å². The summed E-state index contributed by atoms with van der Waals surface area (Å²) in [6.07, 6.45) is 0. The summed E-state index contributed by atoms with van der Waals surface area (Å²) in [4.78, 5) is 5.30. The molecule has 0 amide bonds. The zero-order chi connectivity index (χ0) is 44.7. The minimum Gasteiger partial charge on any atom is -0.309 e. The van der Waals surface area contributed by atoms with Crippen molar-refractivity contribution >= 4 is 75.9 Å². The fourth-order valence-corrected chi connectivity index (χ4v) is 10.9. The zero-order valence-corrected chi connectivity index (χ0v) is 37.0. The number of hydrogen-bond donors (Lipinski definition) is 0. The molecule has 3 nitrogen and oxygen atoms in total. The van der Waals surface area contributed by atoms with Crippen LogP contribution in [-0.2, 0) is 0 Å². The molecule has 316 valence electrons. The standard InChI is InChI=1S/C65H41N3/c1-3-16-42(17-4-1)47-37-60(43-18-5-2-6-19-43)66-61(38-47)46-20-15-21-48(36-46)67-62-28-13-11-26-55(62)57-33-30-44(39-64(57)67)45-31-34-58-56-27-12-14-29-63(56)68(65(58)40-45)49-32-35-54-52-24-8-7-22-50(52)51-23-9-10-25-53(51)59(54)41-49/h1-41H. The van der Waals surface area contributed by atoms with Crippen LogP contribution in [0.5, 0.6) is 0 Å². The van der Waals surface area contributed by atoms with Gasteiger partial charge in [0.2, 0.25) is 0 Å². The second kappa shape index (κ2) is 15.3. The Hall–Kier alpha value is -9.05. The fourth-order valence-electron chi connectivity index (χ4n) is 10.9. The second-order valence-electron chi connectivity index (χ2n) is 17.9. The van der Waals surface area contributed by atoms with Crippen LogP contribution in [0.3, 0.4) is 0 Å². The van der Waals surface area contributed by atoms with E-state index in [-0.39, 0.29) is 0 Å². The van der Waals surface area contributed by atoms with Gasteiger partial charge in [0.05, 0.1) is 33.5 Å². The SMILES string of the molecule is c1ccc(-c2cc(-c3ccccc3)nc(-c3cccc(-n4c5ccccc5c5ccc(-c6ccc7c8ccccc8n(-c8ccc9c%10ccccc%10c%10ccccc%10c9c8)c7c6)cc54)c3)c2)cc1. The van der Waals surface area contributed by atoms with Crippen LogP contribution >= 0.6 is 0 Å². The average molecular weight is 864 g/mol. The van der Waals surface area contributed by atoms with Gasteiger partial charge in [-0.25, -0.2) is 4.98 Å². The summed E-state index contributed by atoms with van der Waals surface area (Å²) in [5.41, 5.74) is 15.6. The summed E-state index contributed by atoms with van der Waals surface area (Å²) in [6.45, 7) is 0. The van der Waals surface area contributed by atoms with Crippen molar-refractivity contribution in [2.24, 2.45) is 0 Å². The van der Waals surface area contributed by atoms with Gasteiger partial charge in [-0.2, -0.15) is 0 Å². The van der Waals surface area contributed by atoms with Crippen molar-refractivity contribution in [1.29, 1.82) is 0 Å². The van der Waals surface area contributed by atoms with Crippen LogP contribution < -0.4 is 0 Å². The quantitative estimate of drug-likeness (QED) is 0.153. The van der Waals surface area contributed by atoms with E-state index in [0.29, 0.717) is 0 Å². The Kier molecular flexibility index (Phi) is 8.59. The molecule has 0 aliphatic rings. The summed E-state index contributed by atoms with van der Waals surface area (Å²) in [6, 6.07) is 90.6. The van der Waals surface area contributed by atoms with Gasteiger partial charge in [-0.3, -0.25) is 0 Å². The Morgan fingerprint density at radius 1 is 0.206 bits per heavy atom. The molecule has 0 saturated carbocycles. The lowest BCUT2D eigenvalue weighted by atomic mass is 9.94. The summed E-state index contributed by atoms with van der Waals surface area (Å²) in [7, 11) is 0. The summed E-state index contributed by atoms with van der Waals surface area (Å²) >= 11 is 0. The molecule has 0 saturated heterocycles. The molecule has 14 aromatic rings. The van der Waals surface area contributed by atoms with Crippen molar-refractivity contribution in [1.82, 2.24) is 14.1 Å². The smallest absolute Gasteiger partial charge is 0.0716 e. The minimum absolute atomic E-state index is 0.935. The van der Waals surface area contributed by atoms with E-state index in [1.807, 2.05) is 0 Å². The van der Waals surface area contributed by atoms with E-state index in [9.17, 15) is 0 Å². The van der Waals surface area contributed by atoms with E-state index < -0.39 is 0 Å². The Balaban J connectivity index is 0.936. The van der Waals surface area contributed by atoms with Crippen LogP contribution in [-0.4, -0.2) is 14.1 Å². The molecule has 0 aliphatic heterocycles. The third kappa shape index (κ3) is 6.03. The third-order valence-electron chi connectivity index (χ3n) is 14.1. The number of hydrogen-bond acceptors (Lipinski definition) is 1. The molecule has 0 fully saturated rings. The largest absolute Gasteiger partial charge is 0.309 e. The normalized spacial score (nSPS) is 11.8. The first-order chi connectivity index (χ1) is 33.7. The first-order valence-corrected chi connectivity index (χ1v) is 23.4. The molecular formula is C65H41N3. The highest BCUT2D eigenvalue weighted by Crippen LogP contribution is 2.41. The average Bonchev–Trinajstić information content (AvgIpc) is 3.93. The fraction of sp³-hybridized carbons (Fsp3) is 0. The van der Waals surface area contributed by atoms with Crippen LogP contribution in [0.1, 0.15) is 0 Å². The Morgan fingerprint density at radius 3 is 1.19 bits per heavy atom. The van der Waals surface area contributed by atoms with Gasteiger partial charge < -0.3 is 9.13 Å². The van der Waals surface area contributed by atoms with Crippen LogP contribution in [0.15, 0.2) is 249 Å². The van der Waals surface area contributed by atoms with Gasteiger partial charge in [-0.05, 0) is 115 Å². The lowest BCUT2D eigenvalue weighted by molar-refractivity contribution is 1.18. The molecule has 3 aromatic heterocycles. The van der Waals surface area contributed by atoms with Gasteiger partial charge in [-0.15, -0.1) is 0 Å². The first-order valence-electron chi connectivity index (χ1n) is 23.4. The third-order valence-corrected chi connectivity index (χ3v) is 14.1. The number of pyridine rings is 1. The van der Waals surface area contributed by atoms with E-state index in [4.69, 9.17) is 4.98 Å². The number of para-hydroxylation sites is 2. The summed E-state index contributed by atoms with van der Waals surface area (Å²) in [5.74, 6) is 0. The van der Waals surface area contributed by atoms with Crippen LogP contribution in [0.2, 0.25) is 0 Å². The summed E-state index contributed by atoms with van der Waals surface area (Å²) < 4.78 is 4.89. The van der Waals surface area contributed by atoms with Crippen molar-refractivity contribution in [2.75, 3.05) is 0 Å². The topological polar surface area (TPSA) is 22.8 Å². The molecule has 0 radical (unpaired) electrons. The van der Waals surface area contributed by atoms with Crippen molar-refractivity contribution in [2.45, 2.75) is 0 Å². The van der Waals surface area contributed by atoms with Crippen molar-refractivity contribution in [3.8, 4) is 56.1 Å². The molecule has 0 aliphatic carbocycles. The molecule has 68 heavy (non-hydrogen) atoms. The van der Waals surface area contributed by atoms with Gasteiger partial charge >= 0.3 is 0 Å². The number of nitrogens with zero attached hydrogens (tertiary/aromatic N) is 3. The molecule has 0 spiro atoms. The van der Waals surface area contributed by atoms with Gasteiger partial charge in [0.25, 0.3) is 0 Å². The van der Waals surface area contributed by atoms with Gasteiger partial charge in [-0.1, -0.05) is 188 Å². The highest BCUT2D eigenvalue weighted by Gasteiger charge is 2.19. The summed E-state index contributed by atoms with van der Waals surface area (Å²) in [5, 5.41) is 12.6. The maximum Gasteiger partial charge on any atom is 0.0716 e. The van der Waals surface area contributed by atoms with E-state index in [1.54, 1.807) is 0 Å². The molecule has 0 atom stereocenters. The Morgan fingerprint density at radius 2 is 0.618 bits per heavy atom. The van der Waals surface area contributed by atoms with Crippen molar-refractivity contribution in [3.05, 3.63) is 249 Å². The molecule has 11 aromatic carbocycles. The molecule has 14 rings (SSSR count). The maximum atomic E-state index is 5.30. The van der Waals surface area contributed by atoms with Gasteiger partial charge in [0, 0.05) is 44.0 Å². The Labute approximate surface area is 393 Å². The highest BCUT2D eigenvalue weighted by molar-refractivity contribution is 6.25. The number of benzene rings is 11. The number of rotatable bonds is 6. The highest BCUT2D eigenvalue weighted by atomic mass is 15.0. The monoisotopic (exact) mass is 863 g/mol. The number of fused-ring (bicyclic) bond motifs is 12. The predicted octanol–water partition coefficient (Wildman–Crippen LogP) is 17.4. The maximum absolute atomic E-state index is 5.30. The Bertz CT molecular complexity index is 4220. The van der Waals surface area contributed by atoms with E-state index >= 15 is 0 Å². The van der Waals surface area contributed by atoms with E-state index in [1.165, 1.54) is 76.0 Å². The molecule has 3 heterocycles. The second-order valence-corrected chi connectivity index (χ2v) is 17.9. The molecular weight excluding hydrogens is 823 g/mol. The molecule has 0 N–H and O–H groups in total. The molecule has 0 bridgehead atoms. The van der Waals surface area contributed by atoms with Gasteiger partial charge in [0.15, 0.2) is 0 Å². The predicted molar refractivity (Wildman–Crippen MR) is 287 cm³/mol. The zero-order valence-electron chi connectivity index (χ0n) is 37.0. The minimum atomic E-state index is 0.935. The van der Waals surface area contributed by atoms with Crippen LogP contribution in [0, 0.1) is 0 Å². The lowest BCUT2D eigenvalue weighted by Gasteiger charge is -2.14. The van der Waals surface area contributed by atoms with E-state index in [0.717, 1.165) is 56.1 Å². The molecule has 0 unspecified atom stereocenters. The molecule has 3 heteroatoms. The van der Waals surface area contributed by atoms with Gasteiger partial charge in [0.1, 0.15) is 0 Å². The first kappa shape index (κ1) is 38.2. The lowest BCUT2D eigenvalue weighted by Crippen LogP contribution is -1.96. The van der Waals surface area contributed by atoms with Crippen molar-refractivity contribution < 1.29 is 0 Å². The number of aromatic nitrogens is 3. The van der Waals surface area contributed by atoms with E-state index in [2.05, 4.69) is 258 Å².